The summed E-state index contributed by atoms with van der Waals surface area (Å²) in [6.45, 7) is 2.12. The van der Waals surface area contributed by atoms with Crippen molar-refractivity contribution in [2.24, 2.45) is 0 Å². The fraction of sp³-hybridized carbons (Fsp3) is 0.429. The fourth-order valence-corrected chi connectivity index (χ4v) is 2.38. The maximum absolute atomic E-state index is 5.30. The van der Waals surface area contributed by atoms with E-state index in [1.165, 1.54) is 5.56 Å². The molecule has 5 heteroatoms. The molecule has 1 unspecified atom stereocenters. The minimum atomic E-state index is 0.202. The topological polar surface area (TPSA) is 51.0 Å². The second kappa shape index (κ2) is 7.31. The first-order valence-corrected chi connectivity index (χ1v) is 7.60. The summed E-state index contributed by atoms with van der Waals surface area (Å²) in [5.74, 6) is 3.35. The minimum Gasteiger partial charge on any atom is -0.339 e. The van der Waals surface area contributed by atoms with E-state index in [4.69, 9.17) is 4.52 Å². The Labute approximate surface area is 118 Å². The van der Waals surface area contributed by atoms with E-state index in [2.05, 4.69) is 34.5 Å². The molecule has 1 aromatic heterocycles. The third kappa shape index (κ3) is 4.08. The average Bonchev–Trinajstić information content (AvgIpc) is 2.91. The number of benzene rings is 1. The number of likely N-dealkylation sites (N-methyl/N-ethyl adjacent to an activating group) is 1. The third-order valence-electron chi connectivity index (χ3n) is 2.87. The maximum Gasteiger partial charge on any atom is 0.228 e. The van der Waals surface area contributed by atoms with Gasteiger partial charge in [-0.05, 0) is 18.4 Å². The van der Waals surface area contributed by atoms with E-state index >= 15 is 0 Å². The SMILES string of the molecule is CCSCc1noc(CC(NC)c2ccccc2)n1. The summed E-state index contributed by atoms with van der Waals surface area (Å²) in [6.07, 6.45) is 0.713. The van der Waals surface area contributed by atoms with E-state index in [-0.39, 0.29) is 6.04 Å². The van der Waals surface area contributed by atoms with Gasteiger partial charge >= 0.3 is 0 Å². The Morgan fingerprint density at radius 2 is 2.11 bits per heavy atom. The molecule has 0 saturated carbocycles. The van der Waals surface area contributed by atoms with Gasteiger partial charge in [0.05, 0.1) is 5.75 Å². The summed E-state index contributed by atoms with van der Waals surface area (Å²) in [7, 11) is 1.95. The summed E-state index contributed by atoms with van der Waals surface area (Å²) in [4.78, 5) is 4.42. The molecule has 0 spiro atoms. The predicted octanol–water partition coefficient (Wildman–Crippen LogP) is 2.83. The molecule has 0 bridgehead atoms. The Morgan fingerprint density at radius 3 is 2.79 bits per heavy atom. The smallest absolute Gasteiger partial charge is 0.228 e. The number of nitrogens with one attached hydrogen (secondary N) is 1. The van der Waals surface area contributed by atoms with Crippen LogP contribution in [0.25, 0.3) is 0 Å². The monoisotopic (exact) mass is 277 g/mol. The van der Waals surface area contributed by atoms with Crippen molar-refractivity contribution in [1.82, 2.24) is 15.5 Å². The molecule has 0 aliphatic heterocycles. The quantitative estimate of drug-likeness (QED) is 0.843. The van der Waals surface area contributed by atoms with E-state index in [0.717, 1.165) is 17.3 Å². The zero-order chi connectivity index (χ0) is 13.5. The first-order valence-electron chi connectivity index (χ1n) is 6.45. The Hall–Kier alpha value is -1.33. The number of hydrogen-bond acceptors (Lipinski definition) is 5. The van der Waals surface area contributed by atoms with E-state index in [1.54, 1.807) is 11.8 Å². The minimum absolute atomic E-state index is 0.202. The Balaban J connectivity index is 2.00. The zero-order valence-electron chi connectivity index (χ0n) is 11.3. The van der Waals surface area contributed by atoms with Crippen LogP contribution in [0.3, 0.4) is 0 Å². The molecule has 2 rings (SSSR count). The molecule has 1 atom stereocenters. The highest BCUT2D eigenvalue weighted by Crippen LogP contribution is 2.17. The highest BCUT2D eigenvalue weighted by molar-refractivity contribution is 7.98. The lowest BCUT2D eigenvalue weighted by molar-refractivity contribution is 0.359. The lowest BCUT2D eigenvalue weighted by atomic mass is 10.0. The maximum atomic E-state index is 5.30. The summed E-state index contributed by atoms with van der Waals surface area (Å²) < 4.78 is 5.30. The van der Waals surface area contributed by atoms with E-state index in [0.29, 0.717) is 12.3 Å². The van der Waals surface area contributed by atoms with Crippen molar-refractivity contribution in [3.05, 3.63) is 47.6 Å². The summed E-state index contributed by atoms with van der Waals surface area (Å²) in [6, 6.07) is 10.5. The molecule has 1 aromatic carbocycles. The van der Waals surface area contributed by atoms with Gasteiger partial charge in [-0.15, -0.1) is 0 Å². The van der Waals surface area contributed by atoms with Crippen molar-refractivity contribution in [1.29, 1.82) is 0 Å². The molecule has 2 aromatic rings. The second-order valence-electron chi connectivity index (χ2n) is 4.20. The molecule has 0 aliphatic carbocycles. The summed E-state index contributed by atoms with van der Waals surface area (Å²) in [5.41, 5.74) is 1.23. The fourth-order valence-electron chi connectivity index (χ4n) is 1.87. The molecule has 0 amide bonds. The Bertz CT molecular complexity index is 486. The number of hydrogen-bond donors (Lipinski definition) is 1. The van der Waals surface area contributed by atoms with Crippen LogP contribution in [-0.4, -0.2) is 22.9 Å². The van der Waals surface area contributed by atoms with Gasteiger partial charge in [-0.2, -0.15) is 16.7 Å². The van der Waals surface area contributed by atoms with Crippen LogP contribution < -0.4 is 5.32 Å². The van der Waals surface area contributed by atoms with Gasteiger partial charge in [0, 0.05) is 12.5 Å². The number of thioether (sulfide) groups is 1. The van der Waals surface area contributed by atoms with Gasteiger partial charge in [0.1, 0.15) is 0 Å². The van der Waals surface area contributed by atoms with Crippen LogP contribution in [0.5, 0.6) is 0 Å². The number of rotatable bonds is 7. The van der Waals surface area contributed by atoms with Gasteiger partial charge in [0.2, 0.25) is 5.89 Å². The molecule has 102 valence electrons. The number of aromatic nitrogens is 2. The molecule has 0 saturated heterocycles. The van der Waals surface area contributed by atoms with Crippen LogP contribution in [0.1, 0.15) is 30.2 Å². The van der Waals surface area contributed by atoms with Crippen LogP contribution in [0.15, 0.2) is 34.9 Å². The van der Waals surface area contributed by atoms with E-state index in [1.807, 2.05) is 25.2 Å². The third-order valence-corrected chi connectivity index (χ3v) is 3.75. The summed E-state index contributed by atoms with van der Waals surface area (Å²) >= 11 is 1.79. The molecule has 1 N–H and O–H groups in total. The first-order chi connectivity index (χ1) is 9.33. The van der Waals surface area contributed by atoms with Gasteiger partial charge in [0.25, 0.3) is 0 Å². The van der Waals surface area contributed by atoms with Crippen molar-refractivity contribution < 1.29 is 4.52 Å². The van der Waals surface area contributed by atoms with Crippen molar-refractivity contribution >= 4 is 11.8 Å². The molecule has 0 radical (unpaired) electrons. The van der Waals surface area contributed by atoms with E-state index < -0.39 is 0 Å². The predicted molar refractivity (Wildman–Crippen MR) is 78.1 cm³/mol. The van der Waals surface area contributed by atoms with Gasteiger partial charge in [-0.25, -0.2) is 0 Å². The lowest BCUT2D eigenvalue weighted by Gasteiger charge is -2.13. The van der Waals surface area contributed by atoms with Crippen LogP contribution in [0.4, 0.5) is 0 Å². The molecule has 1 heterocycles. The van der Waals surface area contributed by atoms with Crippen LogP contribution in [0, 0.1) is 0 Å². The second-order valence-corrected chi connectivity index (χ2v) is 5.47. The van der Waals surface area contributed by atoms with E-state index in [9.17, 15) is 0 Å². The normalized spacial score (nSPS) is 12.5. The van der Waals surface area contributed by atoms with Gasteiger partial charge < -0.3 is 9.84 Å². The molecular weight excluding hydrogens is 258 g/mol. The number of nitrogens with zero attached hydrogens (tertiary/aromatic N) is 2. The van der Waals surface area contributed by atoms with Crippen LogP contribution in [0.2, 0.25) is 0 Å². The molecule has 19 heavy (non-hydrogen) atoms. The van der Waals surface area contributed by atoms with Crippen LogP contribution in [-0.2, 0) is 12.2 Å². The van der Waals surface area contributed by atoms with Gasteiger partial charge in [0.15, 0.2) is 5.82 Å². The molecular formula is C14H19N3OS. The highest BCUT2D eigenvalue weighted by Gasteiger charge is 2.14. The largest absolute Gasteiger partial charge is 0.339 e. The zero-order valence-corrected chi connectivity index (χ0v) is 12.1. The van der Waals surface area contributed by atoms with Crippen LogP contribution >= 0.6 is 11.8 Å². The highest BCUT2D eigenvalue weighted by atomic mass is 32.2. The van der Waals surface area contributed by atoms with Crippen molar-refractivity contribution in [3.8, 4) is 0 Å². The standard InChI is InChI=1S/C14H19N3OS/c1-3-19-10-13-16-14(18-17-13)9-12(15-2)11-7-5-4-6-8-11/h4-8,12,15H,3,9-10H2,1-2H3. The lowest BCUT2D eigenvalue weighted by Crippen LogP contribution is -2.18. The first kappa shape index (κ1) is 14.1. The van der Waals surface area contributed by atoms with Gasteiger partial charge in [-0.1, -0.05) is 42.4 Å². The van der Waals surface area contributed by atoms with Crippen molar-refractivity contribution in [2.75, 3.05) is 12.8 Å². The van der Waals surface area contributed by atoms with Gasteiger partial charge in [-0.3, -0.25) is 0 Å². The van der Waals surface area contributed by atoms with Crippen molar-refractivity contribution in [3.63, 3.8) is 0 Å². The van der Waals surface area contributed by atoms with Crippen molar-refractivity contribution in [2.45, 2.75) is 25.1 Å². The molecule has 0 aliphatic rings. The Morgan fingerprint density at radius 1 is 1.32 bits per heavy atom. The molecule has 0 fully saturated rings. The average molecular weight is 277 g/mol. The summed E-state index contributed by atoms with van der Waals surface area (Å²) in [5, 5.41) is 7.29. The Kier molecular flexibility index (Phi) is 5.42. The molecule has 4 nitrogen and oxygen atoms in total.